The molecule has 1 saturated heterocycles. The van der Waals surface area contributed by atoms with Gasteiger partial charge in [0.2, 0.25) is 0 Å². The highest BCUT2D eigenvalue weighted by Crippen LogP contribution is 2.29. The highest BCUT2D eigenvalue weighted by atomic mass is 16.4. The Hall–Kier alpha value is -0.570. The average Bonchev–Trinajstić information content (AvgIpc) is 2.01. The van der Waals surface area contributed by atoms with Crippen molar-refractivity contribution in [2.45, 2.75) is 46.1 Å². The van der Waals surface area contributed by atoms with Crippen molar-refractivity contribution < 1.29 is 9.90 Å². The summed E-state index contributed by atoms with van der Waals surface area (Å²) >= 11 is 0. The van der Waals surface area contributed by atoms with Crippen molar-refractivity contribution in [2.24, 2.45) is 5.41 Å². The van der Waals surface area contributed by atoms with Crippen LogP contribution >= 0.6 is 0 Å². The summed E-state index contributed by atoms with van der Waals surface area (Å²) in [7, 11) is 0. The Labute approximate surface area is 86.1 Å². The van der Waals surface area contributed by atoms with E-state index >= 15 is 0 Å². The summed E-state index contributed by atoms with van der Waals surface area (Å²) in [4.78, 5) is 12.9. The first-order valence-electron chi connectivity index (χ1n) is 5.36. The van der Waals surface area contributed by atoms with Gasteiger partial charge in [0, 0.05) is 12.6 Å². The Morgan fingerprint density at radius 3 is 2.71 bits per heavy atom. The normalized spacial score (nSPS) is 24.5. The fourth-order valence-electron chi connectivity index (χ4n) is 2.23. The van der Waals surface area contributed by atoms with Crippen LogP contribution < -0.4 is 0 Å². The van der Waals surface area contributed by atoms with E-state index in [4.69, 9.17) is 5.11 Å². The molecule has 0 saturated carbocycles. The fraction of sp³-hybridized carbons (Fsp3) is 0.909. The maximum atomic E-state index is 10.6. The first-order chi connectivity index (χ1) is 6.41. The Balaban J connectivity index is 2.47. The second kappa shape index (κ2) is 4.30. The zero-order valence-electron chi connectivity index (χ0n) is 9.42. The van der Waals surface area contributed by atoms with E-state index in [2.05, 4.69) is 18.7 Å². The van der Waals surface area contributed by atoms with Crippen LogP contribution in [-0.2, 0) is 4.79 Å². The first kappa shape index (κ1) is 11.5. The highest BCUT2D eigenvalue weighted by Gasteiger charge is 2.29. The molecule has 1 atom stereocenters. The minimum Gasteiger partial charge on any atom is -0.481 e. The number of carboxylic acid groups (broad SMARTS) is 1. The fourth-order valence-corrected chi connectivity index (χ4v) is 2.23. The molecule has 0 bridgehead atoms. The summed E-state index contributed by atoms with van der Waals surface area (Å²) in [6, 6.07) is 0.173. The number of carbonyl (C=O) groups is 1. The third kappa shape index (κ3) is 3.29. The molecule has 0 aliphatic carbocycles. The van der Waals surface area contributed by atoms with Gasteiger partial charge in [-0.15, -0.1) is 0 Å². The summed E-state index contributed by atoms with van der Waals surface area (Å²) < 4.78 is 0. The number of likely N-dealkylation sites (tertiary alicyclic amines) is 1. The Bertz CT molecular complexity index is 213. The number of hydrogen-bond acceptors (Lipinski definition) is 2. The van der Waals surface area contributed by atoms with Gasteiger partial charge in [0.15, 0.2) is 0 Å². The molecule has 3 heteroatoms. The van der Waals surface area contributed by atoms with Gasteiger partial charge >= 0.3 is 5.97 Å². The van der Waals surface area contributed by atoms with Crippen LogP contribution in [0.15, 0.2) is 0 Å². The SMILES string of the molecule is CC(CC(=O)O)N1CCCC(C)(C)C1. The van der Waals surface area contributed by atoms with E-state index in [-0.39, 0.29) is 12.5 Å². The van der Waals surface area contributed by atoms with Gasteiger partial charge in [-0.2, -0.15) is 0 Å². The molecule has 82 valence electrons. The number of rotatable bonds is 3. The van der Waals surface area contributed by atoms with Gasteiger partial charge in [-0.25, -0.2) is 0 Å². The van der Waals surface area contributed by atoms with Gasteiger partial charge in [0.05, 0.1) is 6.42 Å². The van der Waals surface area contributed by atoms with Gasteiger partial charge in [-0.05, 0) is 31.7 Å². The molecule has 3 nitrogen and oxygen atoms in total. The van der Waals surface area contributed by atoms with E-state index in [0.717, 1.165) is 13.1 Å². The van der Waals surface area contributed by atoms with E-state index < -0.39 is 5.97 Å². The van der Waals surface area contributed by atoms with Crippen molar-refractivity contribution in [3.63, 3.8) is 0 Å². The van der Waals surface area contributed by atoms with E-state index in [0.29, 0.717) is 5.41 Å². The van der Waals surface area contributed by atoms with Gasteiger partial charge in [0.1, 0.15) is 0 Å². The summed E-state index contributed by atoms with van der Waals surface area (Å²) in [5.41, 5.74) is 0.352. The molecule has 1 fully saturated rings. The molecule has 0 aromatic carbocycles. The second-order valence-electron chi connectivity index (χ2n) is 5.19. The topological polar surface area (TPSA) is 40.5 Å². The number of carboxylic acids is 1. The van der Waals surface area contributed by atoms with E-state index in [1.807, 2.05) is 6.92 Å². The molecule has 0 amide bonds. The van der Waals surface area contributed by atoms with Crippen LogP contribution in [-0.4, -0.2) is 35.1 Å². The van der Waals surface area contributed by atoms with Gasteiger partial charge in [-0.3, -0.25) is 9.69 Å². The quantitative estimate of drug-likeness (QED) is 0.755. The van der Waals surface area contributed by atoms with Crippen molar-refractivity contribution in [2.75, 3.05) is 13.1 Å². The molecule has 1 N–H and O–H groups in total. The summed E-state index contributed by atoms with van der Waals surface area (Å²) in [5.74, 6) is -0.694. The summed E-state index contributed by atoms with van der Waals surface area (Å²) in [6.45, 7) is 8.61. The molecule has 1 rings (SSSR count). The highest BCUT2D eigenvalue weighted by molar-refractivity contribution is 5.67. The van der Waals surface area contributed by atoms with Crippen LogP contribution in [0.3, 0.4) is 0 Å². The lowest BCUT2D eigenvalue weighted by Gasteiger charge is -2.40. The lowest BCUT2D eigenvalue weighted by molar-refractivity contribution is -0.138. The largest absolute Gasteiger partial charge is 0.481 e. The van der Waals surface area contributed by atoms with Crippen LogP contribution in [0.1, 0.15) is 40.0 Å². The maximum Gasteiger partial charge on any atom is 0.304 e. The minimum atomic E-state index is -0.694. The zero-order valence-corrected chi connectivity index (χ0v) is 9.42. The minimum absolute atomic E-state index is 0.173. The van der Waals surface area contributed by atoms with E-state index in [1.165, 1.54) is 12.8 Å². The van der Waals surface area contributed by atoms with Crippen molar-refractivity contribution in [1.82, 2.24) is 4.90 Å². The van der Waals surface area contributed by atoms with Crippen LogP contribution in [0.2, 0.25) is 0 Å². The molecule has 0 radical (unpaired) electrons. The third-order valence-corrected chi connectivity index (χ3v) is 3.02. The molecule has 1 unspecified atom stereocenters. The standard InChI is InChI=1S/C11H21NO2/c1-9(7-10(13)14)12-6-4-5-11(2,3)8-12/h9H,4-8H2,1-3H3,(H,13,14). The smallest absolute Gasteiger partial charge is 0.304 e. The summed E-state index contributed by atoms with van der Waals surface area (Å²) in [5, 5.41) is 8.72. The molecular formula is C11H21NO2. The van der Waals surface area contributed by atoms with Crippen molar-refractivity contribution in [3.05, 3.63) is 0 Å². The summed E-state index contributed by atoms with van der Waals surface area (Å²) in [6.07, 6.45) is 2.70. The lowest BCUT2D eigenvalue weighted by Crippen LogP contribution is -2.45. The molecule has 1 aliphatic rings. The van der Waals surface area contributed by atoms with Crippen molar-refractivity contribution >= 4 is 5.97 Å². The number of nitrogens with zero attached hydrogens (tertiary/aromatic N) is 1. The molecular weight excluding hydrogens is 178 g/mol. The Morgan fingerprint density at radius 2 is 2.21 bits per heavy atom. The monoisotopic (exact) mass is 199 g/mol. The van der Waals surface area contributed by atoms with E-state index in [1.54, 1.807) is 0 Å². The van der Waals surface area contributed by atoms with Gasteiger partial charge in [-0.1, -0.05) is 13.8 Å². The van der Waals surface area contributed by atoms with Crippen LogP contribution in [0.4, 0.5) is 0 Å². The number of aliphatic carboxylic acids is 1. The lowest BCUT2D eigenvalue weighted by atomic mass is 9.83. The molecule has 1 heterocycles. The van der Waals surface area contributed by atoms with Crippen molar-refractivity contribution in [1.29, 1.82) is 0 Å². The molecule has 1 aliphatic heterocycles. The molecule has 0 aromatic heterocycles. The third-order valence-electron chi connectivity index (χ3n) is 3.02. The van der Waals surface area contributed by atoms with Crippen LogP contribution in [0, 0.1) is 5.41 Å². The van der Waals surface area contributed by atoms with Gasteiger partial charge < -0.3 is 5.11 Å². The number of hydrogen-bond donors (Lipinski definition) is 1. The second-order valence-corrected chi connectivity index (χ2v) is 5.19. The maximum absolute atomic E-state index is 10.6. The first-order valence-corrected chi connectivity index (χ1v) is 5.36. The Kier molecular flexibility index (Phi) is 3.53. The molecule has 14 heavy (non-hydrogen) atoms. The molecule has 0 aromatic rings. The van der Waals surface area contributed by atoms with Gasteiger partial charge in [0.25, 0.3) is 0 Å². The zero-order chi connectivity index (χ0) is 10.8. The van der Waals surface area contributed by atoms with Crippen LogP contribution in [0.25, 0.3) is 0 Å². The van der Waals surface area contributed by atoms with E-state index in [9.17, 15) is 4.79 Å². The van der Waals surface area contributed by atoms with Crippen molar-refractivity contribution in [3.8, 4) is 0 Å². The molecule has 0 spiro atoms. The predicted molar refractivity (Wildman–Crippen MR) is 56.3 cm³/mol. The average molecular weight is 199 g/mol. The van der Waals surface area contributed by atoms with Crippen LogP contribution in [0.5, 0.6) is 0 Å². The predicted octanol–water partition coefficient (Wildman–Crippen LogP) is 1.97. The Morgan fingerprint density at radius 1 is 1.57 bits per heavy atom. The number of piperidine rings is 1.